The Hall–Kier alpha value is -2.21. The number of imidazole rings is 1. The molecule has 120 valence electrons. The average molecular weight is 312 g/mol. The lowest BCUT2D eigenvalue weighted by Crippen LogP contribution is -2.54. The van der Waals surface area contributed by atoms with Crippen LogP contribution in [0.25, 0.3) is 5.82 Å². The first-order valence-corrected chi connectivity index (χ1v) is 8.20. The van der Waals surface area contributed by atoms with Crippen molar-refractivity contribution in [3.05, 3.63) is 42.6 Å². The smallest absolute Gasteiger partial charge is 0.254 e. The lowest BCUT2D eigenvalue weighted by Gasteiger charge is -2.43. The van der Waals surface area contributed by atoms with Crippen LogP contribution in [0.2, 0.25) is 0 Å². The first kappa shape index (κ1) is 14.4. The van der Waals surface area contributed by atoms with E-state index in [0.717, 1.165) is 12.8 Å². The summed E-state index contributed by atoms with van der Waals surface area (Å²) in [5.41, 5.74) is 0.676. The van der Waals surface area contributed by atoms with Crippen LogP contribution in [0, 0.1) is 0 Å². The number of amides is 1. The zero-order valence-electron chi connectivity index (χ0n) is 13.0. The molecule has 1 saturated carbocycles. The second-order valence-electron chi connectivity index (χ2n) is 6.13. The molecule has 1 aliphatic heterocycles. The molecule has 0 N–H and O–H groups in total. The summed E-state index contributed by atoms with van der Waals surface area (Å²) in [6.07, 6.45) is 11.6. The Kier molecular flexibility index (Phi) is 3.83. The van der Waals surface area contributed by atoms with Gasteiger partial charge in [0.2, 0.25) is 0 Å². The third kappa shape index (κ3) is 2.74. The van der Waals surface area contributed by atoms with Gasteiger partial charge in [-0.3, -0.25) is 9.36 Å². The molecule has 1 amide bonds. The van der Waals surface area contributed by atoms with E-state index < -0.39 is 0 Å². The highest BCUT2D eigenvalue weighted by atomic mass is 16.5. The van der Waals surface area contributed by atoms with E-state index in [0.29, 0.717) is 24.5 Å². The van der Waals surface area contributed by atoms with Gasteiger partial charge in [-0.2, -0.15) is 0 Å². The maximum absolute atomic E-state index is 13.0. The fourth-order valence-corrected chi connectivity index (χ4v) is 3.60. The Balaban J connectivity index is 1.60. The van der Waals surface area contributed by atoms with Crippen molar-refractivity contribution in [1.82, 2.24) is 19.4 Å². The molecule has 2 aromatic rings. The van der Waals surface area contributed by atoms with Crippen molar-refractivity contribution in [2.75, 3.05) is 13.2 Å². The van der Waals surface area contributed by atoms with Gasteiger partial charge < -0.3 is 9.64 Å². The van der Waals surface area contributed by atoms with Gasteiger partial charge in [0.25, 0.3) is 5.91 Å². The molecule has 6 nitrogen and oxygen atoms in total. The predicted molar refractivity (Wildman–Crippen MR) is 84.4 cm³/mol. The first-order valence-electron chi connectivity index (χ1n) is 8.20. The van der Waals surface area contributed by atoms with Gasteiger partial charge in [-0.25, -0.2) is 9.97 Å². The summed E-state index contributed by atoms with van der Waals surface area (Å²) in [7, 11) is 0. The molecule has 2 aliphatic rings. The Morgan fingerprint density at radius 3 is 3.04 bits per heavy atom. The molecular formula is C17H20N4O2. The van der Waals surface area contributed by atoms with Crippen molar-refractivity contribution in [2.45, 2.75) is 37.8 Å². The van der Waals surface area contributed by atoms with Crippen molar-refractivity contribution in [3.63, 3.8) is 0 Å². The number of nitrogens with zero attached hydrogens (tertiary/aromatic N) is 4. The van der Waals surface area contributed by atoms with Crippen molar-refractivity contribution < 1.29 is 9.53 Å². The zero-order valence-corrected chi connectivity index (χ0v) is 13.0. The SMILES string of the molecule is O=C(c1ccnc(-n2ccnc2)c1)N1CCO[C@@H]2CCCC[C@H]21. The molecule has 1 saturated heterocycles. The Bertz CT molecular complexity index is 684. The van der Waals surface area contributed by atoms with Crippen LogP contribution in [0.4, 0.5) is 0 Å². The lowest BCUT2D eigenvalue weighted by atomic mass is 9.90. The summed E-state index contributed by atoms with van der Waals surface area (Å²) in [4.78, 5) is 23.3. The van der Waals surface area contributed by atoms with Crippen LogP contribution in [-0.2, 0) is 4.74 Å². The molecule has 2 aromatic heterocycles. The van der Waals surface area contributed by atoms with Gasteiger partial charge in [0.05, 0.1) is 18.8 Å². The monoisotopic (exact) mass is 312 g/mol. The van der Waals surface area contributed by atoms with Crippen LogP contribution >= 0.6 is 0 Å². The van der Waals surface area contributed by atoms with E-state index in [1.807, 2.05) is 17.2 Å². The number of hydrogen-bond donors (Lipinski definition) is 0. The molecule has 3 heterocycles. The largest absolute Gasteiger partial charge is 0.374 e. The van der Waals surface area contributed by atoms with E-state index in [1.165, 1.54) is 12.8 Å². The van der Waals surface area contributed by atoms with Crippen molar-refractivity contribution >= 4 is 5.91 Å². The molecule has 4 rings (SSSR count). The van der Waals surface area contributed by atoms with E-state index >= 15 is 0 Å². The van der Waals surface area contributed by atoms with Gasteiger partial charge >= 0.3 is 0 Å². The zero-order chi connectivity index (χ0) is 15.6. The van der Waals surface area contributed by atoms with E-state index in [4.69, 9.17) is 4.74 Å². The molecule has 23 heavy (non-hydrogen) atoms. The Morgan fingerprint density at radius 1 is 1.26 bits per heavy atom. The number of aromatic nitrogens is 3. The van der Waals surface area contributed by atoms with E-state index in [2.05, 4.69) is 9.97 Å². The summed E-state index contributed by atoms with van der Waals surface area (Å²) in [5.74, 6) is 0.788. The van der Waals surface area contributed by atoms with E-state index in [9.17, 15) is 4.79 Å². The van der Waals surface area contributed by atoms with E-state index in [-0.39, 0.29) is 18.1 Å². The van der Waals surface area contributed by atoms with Gasteiger partial charge in [-0.1, -0.05) is 12.8 Å². The molecular weight excluding hydrogens is 292 g/mol. The summed E-state index contributed by atoms with van der Waals surface area (Å²) in [5, 5.41) is 0. The summed E-state index contributed by atoms with van der Waals surface area (Å²) < 4.78 is 7.67. The second kappa shape index (κ2) is 6.12. The number of ether oxygens (including phenoxy) is 1. The van der Waals surface area contributed by atoms with Crippen LogP contribution in [0.3, 0.4) is 0 Å². The second-order valence-corrected chi connectivity index (χ2v) is 6.13. The molecule has 0 spiro atoms. The van der Waals surface area contributed by atoms with Crippen LogP contribution in [0.15, 0.2) is 37.1 Å². The topological polar surface area (TPSA) is 60.2 Å². The summed E-state index contributed by atoms with van der Waals surface area (Å²) in [6, 6.07) is 3.84. The molecule has 1 aliphatic carbocycles. The van der Waals surface area contributed by atoms with Crippen LogP contribution in [0.1, 0.15) is 36.0 Å². The third-order valence-corrected chi connectivity index (χ3v) is 4.75. The minimum atomic E-state index is 0.0777. The molecule has 0 bridgehead atoms. The van der Waals surface area contributed by atoms with Gasteiger partial charge in [0.15, 0.2) is 0 Å². The van der Waals surface area contributed by atoms with Crippen LogP contribution < -0.4 is 0 Å². The number of rotatable bonds is 2. The standard InChI is InChI=1S/C17H20N4O2/c22-17(21-9-10-23-15-4-2-1-3-14(15)21)13-5-6-19-16(11-13)20-8-7-18-12-20/h5-8,11-12,14-15H,1-4,9-10H2/t14-,15-/m1/s1. The molecule has 2 atom stereocenters. The minimum absolute atomic E-state index is 0.0777. The number of carbonyl (C=O) groups excluding carboxylic acids is 1. The molecule has 0 radical (unpaired) electrons. The minimum Gasteiger partial charge on any atom is -0.374 e. The normalized spacial score (nSPS) is 24.3. The highest BCUT2D eigenvalue weighted by Gasteiger charge is 2.37. The van der Waals surface area contributed by atoms with Gasteiger partial charge in [0.1, 0.15) is 12.1 Å². The molecule has 0 aromatic carbocycles. The van der Waals surface area contributed by atoms with Crippen molar-refractivity contribution in [3.8, 4) is 5.82 Å². The number of pyridine rings is 1. The fraction of sp³-hybridized carbons (Fsp3) is 0.471. The summed E-state index contributed by atoms with van der Waals surface area (Å²) in [6.45, 7) is 1.30. The lowest BCUT2D eigenvalue weighted by molar-refractivity contribution is -0.0752. The van der Waals surface area contributed by atoms with Crippen LogP contribution in [-0.4, -0.2) is 50.6 Å². The highest BCUT2D eigenvalue weighted by molar-refractivity contribution is 5.94. The first-order chi connectivity index (χ1) is 11.3. The number of fused-ring (bicyclic) bond motifs is 1. The maximum Gasteiger partial charge on any atom is 0.254 e. The van der Waals surface area contributed by atoms with Gasteiger partial charge in [-0.05, 0) is 25.0 Å². The Labute approximate surface area is 135 Å². The number of morpholine rings is 1. The maximum atomic E-state index is 13.0. The van der Waals surface area contributed by atoms with Crippen molar-refractivity contribution in [2.24, 2.45) is 0 Å². The summed E-state index contributed by atoms with van der Waals surface area (Å²) >= 11 is 0. The van der Waals surface area contributed by atoms with Gasteiger partial charge in [0, 0.05) is 30.7 Å². The molecule has 0 unspecified atom stereocenters. The fourth-order valence-electron chi connectivity index (χ4n) is 3.60. The quantitative estimate of drug-likeness (QED) is 0.851. The van der Waals surface area contributed by atoms with E-state index in [1.54, 1.807) is 29.4 Å². The predicted octanol–water partition coefficient (Wildman–Crippen LogP) is 2.05. The molecule has 2 fully saturated rings. The molecule has 6 heteroatoms. The van der Waals surface area contributed by atoms with Gasteiger partial charge in [-0.15, -0.1) is 0 Å². The van der Waals surface area contributed by atoms with Crippen LogP contribution in [0.5, 0.6) is 0 Å². The average Bonchev–Trinajstić information content (AvgIpc) is 3.15. The van der Waals surface area contributed by atoms with Crippen molar-refractivity contribution in [1.29, 1.82) is 0 Å². The Morgan fingerprint density at radius 2 is 2.17 bits per heavy atom. The highest BCUT2D eigenvalue weighted by Crippen LogP contribution is 2.29. The third-order valence-electron chi connectivity index (χ3n) is 4.75. The number of hydrogen-bond acceptors (Lipinski definition) is 4. The number of carbonyl (C=O) groups is 1.